The number of methoxy groups -OCH3 is 1. The summed E-state index contributed by atoms with van der Waals surface area (Å²) in [5.41, 5.74) is 4.03. The number of ether oxygens (including phenoxy) is 1. The zero-order chi connectivity index (χ0) is 23.8. The fraction of sp³-hybridized carbons (Fsp3) is 0.500. The molecular formula is C26H32N4O4. The van der Waals surface area contributed by atoms with Crippen molar-refractivity contribution in [2.45, 2.75) is 44.7 Å². The van der Waals surface area contributed by atoms with Gasteiger partial charge in [-0.2, -0.15) is 0 Å². The fourth-order valence-electron chi connectivity index (χ4n) is 6.16. The van der Waals surface area contributed by atoms with E-state index in [-0.39, 0.29) is 35.3 Å². The molecule has 8 nitrogen and oxygen atoms in total. The molecule has 1 saturated heterocycles. The molecule has 0 radical (unpaired) electrons. The Morgan fingerprint density at radius 2 is 2.03 bits per heavy atom. The van der Waals surface area contributed by atoms with E-state index in [0.29, 0.717) is 32.0 Å². The number of rotatable bonds is 6. The topological polar surface area (TPSA) is 92.7 Å². The van der Waals surface area contributed by atoms with Crippen molar-refractivity contribution in [1.29, 1.82) is 0 Å². The maximum Gasteiger partial charge on any atom is 0.250 e. The average Bonchev–Trinajstić information content (AvgIpc) is 2.81. The van der Waals surface area contributed by atoms with Crippen molar-refractivity contribution in [2.24, 2.45) is 11.8 Å². The minimum absolute atomic E-state index is 0.0221. The Hall–Kier alpha value is -3.13. The van der Waals surface area contributed by atoms with Gasteiger partial charge in [0.2, 0.25) is 11.8 Å². The number of hydrogen-bond donors (Lipinski definition) is 2. The summed E-state index contributed by atoms with van der Waals surface area (Å²) in [6.07, 6.45) is 2.34. The smallest absolute Gasteiger partial charge is 0.250 e. The molecule has 8 heteroatoms. The van der Waals surface area contributed by atoms with Crippen molar-refractivity contribution in [3.8, 4) is 0 Å². The van der Waals surface area contributed by atoms with Crippen LogP contribution in [0.3, 0.4) is 0 Å². The highest BCUT2D eigenvalue weighted by Gasteiger charge is 2.49. The summed E-state index contributed by atoms with van der Waals surface area (Å²) in [7, 11) is 1.66. The molecule has 180 valence electrons. The second-order valence-electron chi connectivity index (χ2n) is 9.72. The zero-order valence-electron chi connectivity index (χ0n) is 19.8. The Balaban J connectivity index is 1.53. The number of nitrogens with zero attached hydrogens (tertiary/aromatic N) is 2. The number of carbonyl (C=O) groups excluding carboxylic acids is 2. The maximum atomic E-state index is 13.5. The van der Waals surface area contributed by atoms with Crippen LogP contribution in [0.5, 0.6) is 0 Å². The lowest BCUT2D eigenvalue weighted by Gasteiger charge is -2.54. The molecule has 0 aliphatic carbocycles. The third-order valence-electron chi connectivity index (χ3n) is 7.44. The highest BCUT2D eigenvalue weighted by Crippen LogP contribution is 2.48. The van der Waals surface area contributed by atoms with Crippen molar-refractivity contribution >= 4 is 23.2 Å². The van der Waals surface area contributed by atoms with E-state index >= 15 is 0 Å². The van der Waals surface area contributed by atoms with Gasteiger partial charge in [0, 0.05) is 75.4 Å². The van der Waals surface area contributed by atoms with Gasteiger partial charge in [0.05, 0.1) is 5.92 Å². The molecule has 34 heavy (non-hydrogen) atoms. The highest BCUT2D eigenvalue weighted by molar-refractivity contribution is 5.89. The first-order chi connectivity index (χ1) is 16.5. The Morgan fingerprint density at radius 3 is 2.82 bits per heavy atom. The summed E-state index contributed by atoms with van der Waals surface area (Å²) in [4.78, 5) is 40.1. The molecule has 0 unspecified atom stereocenters. The van der Waals surface area contributed by atoms with Crippen LogP contribution in [0.4, 0.5) is 11.4 Å². The predicted octanol–water partition coefficient (Wildman–Crippen LogP) is 2.12. The molecule has 4 atom stereocenters. The minimum Gasteiger partial charge on any atom is -0.385 e. The van der Waals surface area contributed by atoms with Gasteiger partial charge in [-0.1, -0.05) is 6.07 Å². The lowest BCUT2D eigenvalue weighted by atomic mass is 9.69. The number of pyridine rings is 1. The molecule has 4 heterocycles. The van der Waals surface area contributed by atoms with E-state index in [9.17, 15) is 14.4 Å². The van der Waals surface area contributed by atoms with E-state index in [4.69, 9.17) is 4.74 Å². The molecule has 3 aliphatic rings. The van der Waals surface area contributed by atoms with Gasteiger partial charge in [0.15, 0.2) is 0 Å². The molecule has 0 spiro atoms. The van der Waals surface area contributed by atoms with E-state index in [2.05, 4.69) is 27.7 Å². The molecule has 2 N–H and O–H groups in total. The summed E-state index contributed by atoms with van der Waals surface area (Å²) >= 11 is 0. The number of benzene rings is 1. The standard InChI is InChI=1S/C26H32N4O4/c1-16(31)28-19-7-8-22-18(12-19)13-21(26(33)27-9-4-10-34-2)25-20-11-17(15-30(22)25)14-29-23(20)5-3-6-24(29)32/h3,5-8,12,17,20-21,25H,4,9-11,13-15H2,1-2H3,(H,27,33)(H,28,31)/t17-,20+,21+,25+/m0/s1. The molecule has 2 bridgehead atoms. The maximum absolute atomic E-state index is 13.5. The molecule has 1 aromatic heterocycles. The monoisotopic (exact) mass is 464 g/mol. The third-order valence-corrected chi connectivity index (χ3v) is 7.44. The molecule has 2 aromatic rings. The van der Waals surface area contributed by atoms with Gasteiger partial charge in [-0.3, -0.25) is 14.4 Å². The summed E-state index contributed by atoms with van der Waals surface area (Å²) in [6, 6.07) is 11.5. The molecule has 1 aromatic carbocycles. The summed E-state index contributed by atoms with van der Waals surface area (Å²) < 4.78 is 7.04. The van der Waals surface area contributed by atoms with Crippen LogP contribution >= 0.6 is 0 Å². The molecular weight excluding hydrogens is 432 g/mol. The number of hydrogen-bond acceptors (Lipinski definition) is 5. The van der Waals surface area contributed by atoms with Gasteiger partial charge >= 0.3 is 0 Å². The molecule has 2 amide bonds. The number of anilines is 2. The molecule has 3 aliphatic heterocycles. The quantitative estimate of drug-likeness (QED) is 0.639. The van der Waals surface area contributed by atoms with Gasteiger partial charge in [-0.05, 0) is 55.0 Å². The van der Waals surface area contributed by atoms with E-state index < -0.39 is 0 Å². The lowest BCUT2D eigenvalue weighted by molar-refractivity contribution is -0.126. The van der Waals surface area contributed by atoms with Crippen molar-refractivity contribution in [1.82, 2.24) is 9.88 Å². The minimum atomic E-state index is -0.254. The number of piperidine rings is 1. The van der Waals surface area contributed by atoms with E-state index in [0.717, 1.165) is 42.0 Å². The van der Waals surface area contributed by atoms with E-state index in [1.807, 2.05) is 22.8 Å². The van der Waals surface area contributed by atoms with Crippen molar-refractivity contribution < 1.29 is 14.3 Å². The number of aromatic nitrogens is 1. The second kappa shape index (κ2) is 9.25. The number of amides is 2. The normalized spacial score (nSPS) is 24.5. The van der Waals surface area contributed by atoms with Gasteiger partial charge < -0.3 is 24.8 Å². The fourth-order valence-corrected chi connectivity index (χ4v) is 6.16. The Kier molecular flexibility index (Phi) is 6.16. The van der Waals surface area contributed by atoms with Crippen LogP contribution in [-0.4, -0.2) is 49.2 Å². The summed E-state index contributed by atoms with van der Waals surface area (Å²) in [5.74, 6) is 0.126. The lowest BCUT2D eigenvalue weighted by Crippen LogP contribution is -2.60. The van der Waals surface area contributed by atoms with Crippen LogP contribution in [0.1, 0.15) is 36.9 Å². The highest BCUT2D eigenvalue weighted by atomic mass is 16.5. The van der Waals surface area contributed by atoms with Gasteiger partial charge in [0.25, 0.3) is 5.56 Å². The van der Waals surface area contributed by atoms with Crippen LogP contribution in [0.2, 0.25) is 0 Å². The van der Waals surface area contributed by atoms with Crippen LogP contribution in [0, 0.1) is 11.8 Å². The number of fused-ring (bicyclic) bond motifs is 8. The predicted molar refractivity (Wildman–Crippen MR) is 130 cm³/mol. The van der Waals surface area contributed by atoms with Gasteiger partial charge in [-0.25, -0.2) is 0 Å². The third kappa shape index (κ3) is 4.11. The van der Waals surface area contributed by atoms with E-state index in [1.54, 1.807) is 13.2 Å². The zero-order valence-corrected chi connectivity index (χ0v) is 19.8. The van der Waals surface area contributed by atoms with E-state index in [1.165, 1.54) is 6.92 Å². The van der Waals surface area contributed by atoms with Crippen molar-refractivity contribution in [2.75, 3.05) is 37.0 Å². The van der Waals surface area contributed by atoms with Gasteiger partial charge in [-0.15, -0.1) is 0 Å². The van der Waals surface area contributed by atoms with Crippen LogP contribution < -0.4 is 21.1 Å². The number of carbonyl (C=O) groups is 2. The van der Waals surface area contributed by atoms with Gasteiger partial charge in [0.1, 0.15) is 0 Å². The Morgan fingerprint density at radius 1 is 1.18 bits per heavy atom. The first-order valence-electron chi connectivity index (χ1n) is 12.1. The van der Waals surface area contributed by atoms with Crippen molar-refractivity contribution in [3.63, 3.8) is 0 Å². The molecule has 1 fully saturated rings. The Labute approximate surface area is 199 Å². The van der Waals surface area contributed by atoms with Crippen LogP contribution in [-0.2, 0) is 27.3 Å². The first kappa shape index (κ1) is 22.7. The second-order valence-corrected chi connectivity index (χ2v) is 9.72. The summed E-state index contributed by atoms with van der Waals surface area (Å²) in [6.45, 7) is 4.18. The number of nitrogens with one attached hydrogen (secondary N) is 2. The van der Waals surface area contributed by atoms with Crippen molar-refractivity contribution in [3.05, 3.63) is 58.0 Å². The molecule has 5 rings (SSSR count). The molecule has 0 saturated carbocycles. The summed E-state index contributed by atoms with van der Waals surface area (Å²) in [5, 5.41) is 5.99. The SMILES string of the molecule is COCCCNC(=O)[C@@H]1Cc2cc(NC(C)=O)ccc2N2C[C@H]3C[C@H](c4cccc(=O)n4C3)[C@H]12. The van der Waals surface area contributed by atoms with Crippen LogP contribution in [0.25, 0.3) is 0 Å². The first-order valence-corrected chi connectivity index (χ1v) is 12.1. The van der Waals surface area contributed by atoms with Crippen LogP contribution in [0.15, 0.2) is 41.2 Å². The Bertz CT molecular complexity index is 1160. The largest absolute Gasteiger partial charge is 0.385 e. The average molecular weight is 465 g/mol.